The van der Waals surface area contributed by atoms with Gasteiger partial charge in [0.15, 0.2) is 0 Å². The van der Waals surface area contributed by atoms with Crippen LogP contribution in [-0.4, -0.2) is 17.7 Å². The van der Waals surface area contributed by atoms with E-state index in [0.717, 1.165) is 0 Å². The molecule has 3 aromatic rings. The standard InChI is InChI=1S/C19H13.Li/c1-2-10-16-14(6-1)8-4-12-18(16)19-13-5-9-15-7-3-11-17(15)19;/h1-13H;. The number of hydrogen-bond donors (Lipinski definition) is 0. The van der Waals surface area contributed by atoms with Crippen LogP contribution in [0.4, 0.5) is 0 Å². The predicted molar refractivity (Wildman–Crippen MR) is 86.9 cm³/mol. The summed E-state index contributed by atoms with van der Waals surface area (Å²) in [6.07, 6.45) is 4.57. The molecule has 0 aromatic heterocycles. The van der Waals surface area contributed by atoms with Gasteiger partial charge in [-0.3, -0.25) is 0 Å². The van der Waals surface area contributed by atoms with Crippen LogP contribution in [-0.2, 0) is 0 Å². The molecule has 0 fully saturated rings. The fraction of sp³-hybridized carbons (Fsp3) is 0.0526. The molecule has 1 aliphatic carbocycles. The Kier molecular flexibility index (Phi) is 2.81. The van der Waals surface area contributed by atoms with Crippen molar-refractivity contribution in [1.82, 2.24) is 0 Å². The molecule has 0 saturated heterocycles. The fourth-order valence-electron chi connectivity index (χ4n) is 3.21. The van der Waals surface area contributed by atoms with Crippen LogP contribution >= 0.6 is 0 Å². The number of hydrogen-bond acceptors (Lipinski definition) is 0. The summed E-state index contributed by atoms with van der Waals surface area (Å²) < 4.78 is 0.528. The molecule has 0 heterocycles. The van der Waals surface area contributed by atoms with E-state index in [4.69, 9.17) is 0 Å². The van der Waals surface area contributed by atoms with Crippen LogP contribution < -0.4 is 0 Å². The maximum absolute atomic E-state index is 2.29. The SMILES string of the molecule is [Li][CH]1C=Cc2c(-c3cccc4ccccc34)cccc21. The van der Waals surface area contributed by atoms with Crippen LogP contribution in [0.25, 0.3) is 28.0 Å². The molecule has 0 amide bonds. The average Bonchev–Trinajstić information content (AvgIpc) is 2.88. The molecule has 0 saturated carbocycles. The Balaban J connectivity index is 2.04. The van der Waals surface area contributed by atoms with Gasteiger partial charge in [0.2, 0.25) is 0 Å². The Bertz CT molecular complexity index is 825. The normalized spacial score (nSPS) is 16.6. The third kappa shape index (κ3) is 1.77. The van der Waals surface area contributed by atoms with E-state index in [1.807, 2.05) is 0 Å². The summed E-state index contributed by atoms with van der Waals surface area (Å²) in [6.45, 7) is 0. The monoisotopic (exact) mass is 248 g/mol. The van der Waals surface area contributed by atoms with Crippen LogP contribution in [0.3, 0.4) is 0 Å². The Morgan fingerprint density at radius 3 is 2.45 bits per heavy atom. The molecule has 0 radical (unpaired) electrons. The summed E-state index contributed by atoms with van der Waals surface area (Å²) in [4.78, 5) is 0. The van der Waals surface area contributed by atoms with E-state index in [9.17, 15) is 0 Å². The van der Waals surface area contributed by atoms with Crippen molar-refractivity contribution in [2.75, 3.05) is 0 Å². The molecule has 90 valence electrons. The quantitative estimate of drug-likeness (QED) is 0.545. The van der Waals surface area contributed by atoms with E-state index in [1.54, 1.807) is 0 Å². The second kappa shape index (κ2) is 4.67. The van der Waals surface area contributed by atoms with Crippen LogP contribution in [0, 0.1) is 0 Å². The van der Waals surface area contributed by atoms with Crippen molar-refractivity contribution >= 4 is 34.6 Å². The zero-order valence-electron chi connectivity index (χ0n) is 11.5. The fourth-order valence-corrected chi connectivity index (χ4v) is 3.21. The maximum atomic E-state index is 2.29. The zero-order chi connectivity index (χ0) is 13.5. The Morgan fingerprint density at radius 2 is 1.50 bits per heavy atom. The van der Waals surface area contributed by atoms with Gasteiger partial charge in [-0.15, -0.1) is 0 Å². The molecule has 0 spiro atoms. The van der Waals surface area contributed by atoms with Crippen molar-refractivity contribution < 1.29 is 0 Å². The molecule has 0 bridgehead atoms. The van der Waals surface area contributed by atoms with Crippen molar-refractivity contribution in [3.63, 3.8) is 0 Å². The number of rotatable bonds is 1. The summed E-state index contributed by atoms with van der Waals surface area (Å²) in [7, 11) is 0. The Morgan fingerprint density at radius 1 is 0.750 bits per heavy atom. The van der Waals surface area contributed by atoms with E-state index in [2.05, 4.69) is 90.5 Å². The first-order chi connectivity index (χ1) is 9.84. The van der Waals surface area contributed by atoms with Gasteiger partial charge in [0, 0.05) is 0 Å². The predicted octanol–water partition coefficient (Wildman–Crippen LogP) is 4.74. The third-order valence-electron chi connectivity index (χ3n) is 4.26. The van der Waals surface area contributed by atoms with E-state index in [0.29, 0.717) is 4.59 Å². The van der Waals surface area contributed by atoms with Gasteiger partial charge >= 0.3 is 128 Å². The summed E-state index contributed by atoms with van der Waals surface area (Å²) in [6, 6.07) is 21.8. The van der Waals surface area contributed by atoms with Crippen LogP contribution in [0.1, 0.15) is 15.7 Å². The molecule has 20 heavy (non-hydrogen) atoms. The summed E-state index contributed by atoms with van der Waals surface area (Å²) in [5, 5.41) is 2.63. The second-order valence-corrected chi connectivity index (χ2v) is 5.48. The minimum absolute atomic E-state index is 0.528. The zero-order valence-corrected chi connectivity index (χ0v) is 11.5. The molecule has 0 N–H and O–H groups in total. The van der Waals surface area contributed by atoms with Gasteiger partial charge in [-0.05, 0) is 0 Å². The van der Waals surface area contributed by atoms with Gasteiger partial charge in [-0.2, -0.15) is 0 Å². The molecule has 1 atom stereocenters. The van der Waals surface area contributed by atoms with Gasteiger partial charge in [0.05, 0.1) is 0 Å². The minimum atomic E-state index is 0.528. The van der Waals surface area contributed by atoms with E-state index < -0.39 is 0 Å². The van der Waals surface area contributed by atoms with Crippen molar-refractivity contribution in [2.45, 2.75) is 4.59 Å². The molecule has 0 nitrogen and oxygen atoms in total. The summed E-state index contributed by atoms with van der Waals surface area (Å²) in [5.41, 5.74) is 5.50. The first-order valence-electron chi connectivity index (χ1n) is 7.14. The van der Waals surface area contributed by atoms with E-state index in [-0.39, 0.29) is 0 Å². The van der Waals surface area contributed by atoms with Gasteiger partial charge in [-0.1, -0.05) is 0 Å². The first kappa shape index (κ1) is 12.0. The second-order valence-electron chi connectivity index (χ2n) is 5.48. The molecule has 1 aliphatic rings. The first-order valence-corrected chi connectivity index (χ1v) is 7.14. The van der Waals surface area contributed by atoms with Crippen LogP contribution in [0.5, 0.6) is 0 Å². The van der Waals surface area contributed by atoms with Crippen molar-refractivity contribution in [2.24, 2.45) is 0 Å². The molecule has 4 rings (SSSR count). The summed E-state index contributed by atoms with van der Waals surface area (Å²) in [5.74, 6) is 0. The van der Waals surface area contributed by atoms with Crippen molar-refractivity contribution in [3.8, 4) is 11.1 Å². The van der Waals surface area contributed by atoms with Gasteiger partial charge < -0.3 is 0 Å². The van der Waals surface area contributed by atoms with Gasteiger partial charge in [0.25, 0.3) is 0 Å². The number of allylic oxidation sites excluding steroid dienone is 1. The Labute approximate surface area is 128 Å². The third-order valence-corrected chi connectivity index (χ3v) is 4.26. The average molecular weight is 248 g/mol. The summed E-state index contributed by atoms with van der Waals surface area (Å²) >= 11 is 2.26. The Hall–Kier alpha value is -1.74. The van der Waals surface area contributed by atoms with Crippen molar-refractivity contribution in [3.05, 3.63) is 77.9 Å². The molecule has 1 unspecified atom stereocenters. The molecular formula is C19H13Li. The van der Waals surface area contributed by atoms with E-state index >= 15 is 0 Å². The van der Waals surface area contributed by atoms with Gasteiger partial charge in [-0.25, -0.2) is 0 Å². The van der Waals surface area contributed by atoms with E-state index in [1.165, 1.54) is 33.0 Å². The van der Waals surface area contributed by atoms with Crippen molar-refractivity contribution in [1.29, 1.82) is 0 Å². The van der Waals surface area contributed by atoms with Gasteiger partial charge in [0.1, 0.15) is 0 Å². The van der Waals surface area contributed by atoms with Crippen LogP contribution in [0.2, 0.25) is 0 Å². The molecule has 1 heteroatoms. The molecule has 3 aromatic carbocycles. The molecule has 0 aliphatic heterocycles. The number of fused-ring (bicyclic) bond motifs is 2. The van der Waals surface area contributed by atoms with Crippen LogP contribution in [0.15, 0.2) is 66.7 Å². The topological polar surface area (TPSA) is 0 Å². The number of benzene rings is 3. The molecular weight excluding hydrogens is 235 g/mol.